The Labute approximate surface area is 195 Å². The van der Waals surface area contributed by atoms with Crippen LogP contribution in [0.5, 0.6) is 0 Å². The fourth-order valence-electron chi connectivity index (χ4n) is 4.20. The molecule has 0 saturated carbocycles. The molecular weight excluding hydrogens is 405 g/mol. The number of rotatable bonds is 22. The largest absolute Gasteiger partial charge is 0.385 e. The number of nitrogens with zero attached hydrogens (tertiary/aromatic N) is 1. The molecule has 0 aliphatic carbocycles. The van der Waals surface area contributed by atoms with E-state index in [1.807, 2.05) is 28.1 Å². The average Bonchev–Trinajstić information content (AvgIpc) is 2.68. The maximum absolute atomic E-state index is 12.5. The van der Waals surface area contributed by atoms with Crippen LogP contribution in [0.1, 0.15) is 123 Å². The molecule has 0 aromatic heterocycles. The van der Waals surface area contributed by atoms with Gasteiger partial charge >= 0.3 is 7.60 Å². The van der Waals surface area contributed by atoms with Gasteiger partial charge in [0.25, 0.3) is 0 Å². The summed E-state index contributed by atoms with van der Waals surface area (Å²) in [6.45, 7) is 4.61. The van der Waals surface area contributed by atoms with Crippen molar-refractivity contribution in [3.63, 3.8) is 0 Å². The smallest absolute Gasteiger partial charge is 0.320 e. The van der Waals surface area contributed by atoms with Gasteiger partial charge in [-0.05, 0) is 32.1 Å². The summed E-state index contributed by atoms with van der Waals surface area (Å²) in [7, 11) is 2.28. The normalized spacial score (nSPS) is 15.4. The monoisotopic (exact) mass is 460 g/mol. The fraction of sp³-hybridized carbons (Fsp3) is 0.923. The lowest BCUT2D eigenvalue weighted by atomic mass is 10.1. The predicted molar refractivity (Wildman–Crippen MR) is 137 cm³/mol. The Morgan fingerprint density at radius 1 is 0.742 bits per heavy atom. The second-order valence-corrected chi connectivity index (χ2v) is 12.0. The van der Waals surface area contributed by atoms with Gasteiger partial charge < -0.3 is 13.9 Å². The molecule has 4 nitrogen and oxygen atoms in total. The Hall–Kier alpha value is -0.150. The molecule has 0 rings (SSSR count). The first-order chi connectivity index (χ1) is 14.8. The SMILES string of the molecule is CCCCCCCCCCCCCC=CCCCCCOP(=O)(O)C(CC)[N+](C)(C)C. The van der Waals surface area contributed by atoms with Gasteiger partial charge in [0, 0.05) is 6.42 Å². The minimum Gasteiger partial charge on any atom is -0.320 e. The highest BCUT2D eigenvalue weighted by atomic mass is 31.2. The summed E-state index contributed by atoms with van der Waals surface area (Å²) in [6.07, 6.45) is 26.0. The molecule has 0 heterocycles. The van der Waals surface area contributed by atoms with Crippen LogP contribution in [0.4, 0.5) is 0 Å². The number of unbranched alkanes of at least 4 members (excludes halogenated alkanes) is 14. The van der Waals surface area contributed by atoms with Crippen LogP contribution in [0.2, 0.25) is 0 Å². The minimum absolute atomic E-state index is 0.356. The molecule has 0 aromatic carbocycles. The van der Waals surface area contributed by atoms with Crippen LogP contribution in [0.25, 0.3) is 0 Å². The average molecular weight is 461 g/mol. The van der Waals surface area contributed by atoms with E-state index in [9.17, 15) is 9.46 Å². The van der Waals surface area contributed by atoms with Crippen molar-refractivity contribution in [3.05, 3.63) is 12.2 Å². The first-order valence-electron chi connectivity index (χ1n) is 13.2. The molecule has 186 valence electrons. The molecule has 0 aromatic rings. The third-order valence-corrected chi connectivity index (χ3v) is 8.43. The van der Waals surface area contributed by atoms with E-state index in [1.165, 1.54) is 77.0 Å². The topological polar surface area (TPSA) is 46.5 Å². The van der Waals surface area contributed by atoms with Gasteiger partial charge in [-0.1, -0.05) is 96.6 Å². The van der Waals surface area contributed by atoms with E-state index in [2.05, 4.69) is 19.1 Å². The van der Waals surface area contributed by atoms with Gasteiger partial charge in [0.2, 0.25) is 0 Å². The summed E-state index contributed by atoms with van der Waals surface area (Å²) < 4.78 is 18.3. The Morgan fingerprint density at radius 3 is 1.58 bits per heavy atom. The Morgan fingerprint density at radius 2 is 1.16 bits per heavy atom. The van der Waals surface area contributed by atoms with Crippen LogP contribution in [0, 0.1) is 0 Å². The van der Waals surface area contributed by atoms with Crippen molar-refractivity contribution < 1.29 is 18.5 Å². The van der Waals surface area contributed by atoms with Crippen molar-refractivity contribution in [3.8, 4) is 0 Å². The van der Waals surface area contributed by atoms with Crippen molar-refractivity contribution in [2.45, 2.75) is 129 Å². The number of hydrogen-bond acceptors (Lipinski definition) is 2. The van der Waals surface area contributed by atoms with Crippen molar-refractivity contribution in [1.29, 1.82) is 0 Å². The maximum atomic E-state index is 12.5. The third kappa shape index (κ3) is 18.0. The van der Waals surface area contributed by atoms with E-state index >= 15 is 0 Å². The summed E-state index contributed by atoms with van der Waals surface area (Å²) >= 11 is 0. The summed E-state index contributed by atoms with van der Waals surface area (Å²) in [5, 5.41) is 0. The lowest BCUT2D eigenvalue weighted by Crippen LogP contribution is -2.44. The Bertz CT molecular complexity index is 474. The number of quaternary nitrogens is 1. The molecule has 2 unspecified atom stereocenters. The standard InChI is InChI=1S/C26H54NO3P/c1-6-8-9-10-11-12-13-14-15-16-17-18-19-20-21-22-23-24-25-30-31(28,29)26(7-2)27(3,4)5/h19-20,26H,6-18,21-25H2,1-5H3/p+1. The summed E-state index contributed by atoms with van der Waals surface area (Å²) in [4.78, 5) is 10.3. The fourth-order valence-corrected chi connectivity index (χ4v) is 6.10. The highest BCUT2D eigenvalue weighted by Crippen LogP contribution is 2.51. The molecular formula is C26H55NO3P+. The molecule has 31 heavy (non-hydrogen) atoms. The van der Waals surface area contributed by atoms with Gasteiger partial charge in [0.15, 0.2) is 5.78 Å². The van der Waals surface area contributed by atoms with Crippen molar-refractivity contribution >= 4 is 7.60 Å². The lowest BCUT2D eigenvalue weighted by molar-refractivity contribution is -0.883. The molecule has 0 aliphatic heterocycles. The first kappa shape index (κ1) is 30.9. The van der Waals surface area contributed by atoms with Gasteiger partial charge in [0.1, 0.15) is 0 Å². The summed E-state index contributed by atoms with van der Waals surface area (Å²) in [5.41, 5.74) is 0. The van der Waals surface area contributed by atoms with E-state index in [-0.39, 0.29) is 5.78 Å². The van der Waals surface area contributed by atoms with Crippen LogP contribution in [-0.4, -0.2) is 42.9 Å². The Kier molecular flexibility index (Phi) is 19.2. The zero-order valence-electron chi connectivity index (χ0n) is 21.6. The van der Waals surface area contributed by atoms with E-state index < -0.39 is 7.60 Å². The molecule has 0 amide bonds. The van der Waals surface area contributed by atoms with Crippen molar-refractivity contribution in [2.24, 2.45) is 0 Å². The highest BCUT2D eigenvalue weighted by molar-refractivity contribution is 7.53. The quantitative estimate of drug-likeness (QED) is 0.0763. The zero-order valence-corrected chi connectivity index (χ0v) is 22.5. The van der Waals surface area contributed by atoms with Gasteiger partial charge in [0.05, 0.1) is 27.7 Å². The number of allylic oxidation sites excluding steroid dienone is 2. The molecule has 0 saturated heterocycles. The lowest BCUT2D eigenvalue weighted by Gasteiger charge is -2.35. The second-order valence-electron chi connectivity index (χ2n) is 10.0. The van der Waals surface area contributed by atoms with Gasteiger partial charge in [-0.15, -0.1) is 0 Å². The van der Waals surface area contributed by atoms with Crippen LogP contribution in [-0.2, 0) is 9.09 Å². The molecule has 0 spiro atoms. The third-order valence-electron chi connectivity index (χ3n) is 6.07. The van der Waals surface area contributed by atoms with Crippen LogP contribution in [0.15, 0.2) is 12.2 Å². The van der Waals surface area contributed by atoms with E-state index in [0.717, 1.165) is 25.7 Å². The van der Waals surface area contributed by atoms with Gasteiger partial charge in [-0.3, -0.25) is 4.57 Å². The molecule has 5 heteroatoms. The molecule has 0 fully saturated rings. The summed E-state index contributed by atoms with van der Waals surface area (Å²) in [6, 6.07) is 0. The van der Waals surface area contributed by atoms with Crippen LogP contribution in [0.3, 0.4) is 0 Å². The zero-order chi connectivity index (χ0) is 23.4. The van der Waals surface area contributed by atoms with E-state index in [4.69, 9.17) is 4.52 Å². The van der Waals surface area contributed by atoms with E-state index in [1.54, 1.807) is 0 Å². The van der Waals surface area contributed by atoms with Crippen LogP contribution >= 0.6 is 7.60 Å². The molecule has 1 N–H and O–H groups in total. The van der Waals surface area contributed by atoms with Crippen molar-refractivity contribution in [1.82, 2.24) is 0 Å². The van der Waals surface area contributed by atoms with Gasteiger partial charge in [-0.25, -0.2) is 0 Å². The molecule has 0 aliphatic rings. The Balaban J connectivity index is 3.50. The molecule has 0 bridgehead atoms. The molecule has 0 radical (unpaired) electrons. The maximum Gasteiger partial charge on any atom is 0.385 e. The van der Waals surface area contributed by atoms with Crippen molar-refractivity contribution in [2.75, 3.05) is 27.7 Å². The predicted octanol–water partition coefficient (Wildman–Crippen LogP) is 8.45. The minimum atomic E-state index is -3.56. The summed E-state index contributed by atoms with van der Waals surface area (Å²) in [5.74, 6) is -0.356. The van der Waals surface area contributed by atoms with E-state index in [0.29, 0.717) is 17.5 Å². The number of hydrogen-bond donors (Lipinski definition) is 1. The van der Waals surface area contributed by atoms with Crippen LogP contribution < -0.4 is 0 Å². The second kappa shape index (κ2) is 19.3. The first-order valence-corrected chi connectivity index (χ1v) is 14.8. The highest BCUT2D eigenvalue weighted by Gasteiger charge is 2.41. The molecule has 2 atom stereocenters. The van der Waals surface area contributed by atoms with Gasteiger partial charge in [-0.2, -0.15) is 0 Å².